The van der Waals surface area contributed by atoms with Crippen LogP contribution in [0.2, 0.25) is 5.02 Å². The van der Waals surface area contributed by atoms with Crippen molar-refractivity contribution in [1.82, 2.24) is 9.80 Å². The van der Waals surface area contributed by atoms with Crippen molar-refractivity contribution in [3.8, 4) is 0 Å². The number of amides is 2. The van der Waals surface area contributed by atoms with Crippen molar-refractivity contribution < 1.29 is 14.7 Å². The van der Waals surface area contributed by atoms with Gasteiger partial charge in [-0.05, 0) is 49.3 Å². The molecule has 6 heteroatoms. The molecule has 0 aliphatic carbocycles. The first kappa shape index (κ1) is 18.2. The molecule has 1 aromatic rings. The van der Waals surface area contributed by atoms with Crippen molar-refractivity contribution in [2.45, 2.75) is 38.7 Å². The monoisotopic (exact) mass is 364 g/mol. The number of carbonyl (C=O) groups excluding carboxylic acids is 2. The average Bonchev–Trinajstić information content (AvgIpc) is 2.63. The van der Waals surface area contributed by atoms with Gasteiger partial charge in [0.05, 0.1) is 0 Å². The second-order valence-corrected chi connectivity index (χ2v) is 7.63. The molecule has 5 nitrogen and oxygen atoms in total. The van der Waals surface area contributed by atoms with Gasteiger partial charge in [-0.25, -0.2) is 0 Å². The summed E-state index contributed by atoms with van der Waals surface area (Å²) in [6, 6.07) is 6.79. The van der Waals surface area contributed by atoms with E-state index in [0.717, 1.165) is 32.4 Å². The van der Waals surface area contributed by atoms with E-state index in [4.69, 9.17) is 11.6 Å². The molecule has 0 unspecified atom stereocenters. The summed E-state index contributed by atoms with van der Waals surface area (Å²) in [5, 5.41) is 10.9. The van der Waals surface area contributed by atoms with E-state index in [-0.39, 0.29) is 17.2 Å². The van der Waals surface area contributed by atoms with Crippen molar-refractivity contribution in [3.63, 3.8) is 0 Å². The number of aliphatic hydroxyl groups excluding tert-OH is 1. The van der Waals surface area contributed by atoms with Crippen LogP contribution in [0.1, 0.15) is 44.3 Å². The largest absolute Gasteiger partial charge is 0.378 e. The summed E-state index contributed by atoms with van der Waals surface area (Å²) in [5.41, 5.74) is 0.653. The molecule has 1 aromatic carbocycles. The molecule has 0 saturated carbocycles. The summed E-state index contributed by atoms with van der Waals surface area (Å²) >= 11 is 5.95. The summed E-state index contributed by atoms with van der Waals surface area (Å²) in [5.74, 6) is -0.0284. The fourth-order valence-electron chi connectivity index (χ4n) is 3.99. The summed E-state index contributed by atoms with van der Waals surface area (Å²) in [6.45, 7) is 4.80. The molecular formula is C19H25ClN2O3. The molecule has 136 valence electrons. The minimum Gasteiger partial charge on any atom is -0.378 e. The number of piperidine rings is 2. The van der Waals surface area contributed by atoms with Crippen LogP contribution in [0.4, 0.5) is 0 Å². The molecule has 1 atom stereocenters. The Morgan fingerprint density at radius 3 is 2.68 bits per heavy atom. The van der Waals surface area contributed by atoms with Gasteiger partial charge in [0.25, 0.3) is 5.91 Å². The highest BCUT2D eigenvalue weighted by Crippen LogP contribution is 2.40. The highest BCUT2D eigenvalue weighted by molar-refractivity contribution is 6.30. The molecule has 2 saturated heterocycles. The predicted molar refractivity (Wildman–Crippen MR) is 96.1 cm³/mol. The number of rotatable bonds is 3. The smallest absolute Gasteiger partial charge is 0.256 e. The Morgan fingerprint density at radius 2 is 2.04 bits per heavy atom. The minimum atomic E-state index is -1.17. The van der Waals surface area contributed by atoms with Crippen LogP contribution in [0, 0.1) is 5.41 Å². The van der Waals surface area contributed by atoms with E-state index in [0.29, 0.717) is 30.1 Å². The van der Waals surface area contributed by atoms with Crippen LogP contribution in [0.15, 0.2) is 24.3 Å². The Bertz CT molecular complexity index is 656. The molecule has 2 aliphatic heterocycles. The van der Waals surface area contributed by atoms with Gasteiger partial charge in [-0.15, -0.1) is 0 Å². The number of benzene rings is 1. The van der Waals surface area contributed by atoms with Crippen molar-refractivity contribution in [1.29, 1.82) is 0 Å². The number of hydrogen-bond donors (Lipinski definition) is 1. The zero-order valence-electron chi connectivity index (χ0n) is 14.6. The first-order valence-electron chi connectivity index (χ1n) is 8.94. The van der Waals surface area contributed by atoms with Crippen LogP contribution < -0.4 is 0 Å². The van der Waals surface area contributed by atoms with Crippen LogP contribution in [0.3, 0.4) is 0 Å². The highest BCUT2D eigenvalue weighted by atomic mass is 35.5. The zero-order valence-corrected chi connectivity index (χ0v) is 15.3. The van der Waals surface area contributed by atoms with E-state index in [9.17, 15) is 14.7 Å². The molecule has 2 fully saturated rings. The van der Waals surface area contributed by atoms with E-state index in [1.807, 2.05) is 11.8 Å². The van der Waals surface area contributed by atoms with E-state index in [1.165, 1.54) is 0 Å². The maximum absolute atomic E-state index is 12.6. The zero-order chi connectivity index (χ0) is 18.0. The van der Waals surface area contributed by atoms with Crippen molar-refractivity contribution >= 4 is 23.4 Å². The Balaban J connectivity index is 1.62. The molecule has 1 spiro atoms. The number of nitrogens with zero attached hydrogens (tertiary/aromatic N) is 2. The maximum Gasteiger partial charge on any atom is 0.256 e. The summed E-state index contributed by atoms with van der Waals surface area (Å²) < 4.78 is 0. The second kappa shape index (κ2) is 7.34. The standard InChI is InChI=1S/C19H25ClN2O3/c1-2-21-13-19(7-6-16(21)23)8-10-22(11-9-19)18(25)17(24)14-4-3-5-15(20)12-14/h3-5,12,17,24H,2,6-11,13H2,1H3/t17-/m1/s1. The molecule has 25 heavy (non-hydrogen) atoms. The van der Waals surface area contributed by atoms with Crippen molar-refractivity contribution in [3.05, 3.63) is 34.9 Å². The molecule has 1 N–H and O–H groups in total. The predicted octanol–water partition coefficient (Wildman–Crippen LogP) is 2.62. The third kappa shape index (κ3) is 3.82. The number of halogens is 1. The van der Waals surface area contributed by atoms with Gasteiger partial charge >= 0.3 is 0 Å². The lowest BCUT2D eigenvalue weighted by molar-refractivity contribution is -0.147. The van der Waals surface area contributed by atoms with E-state index >= 15 is 0 Å². The Kier molecular flexibility index (Phi) is 5.35. The molecule has 2 amide bonds. The van der Waals surface area contributed by atoms with Gasteiger partial charge in [0.2, 0.25) is 5.91 Å². The van der Waals surface area contributed by atoms with Gasteiger partial charge in [-0.1, -0.05) is 23.7 Å². The average molecular weight is 365 g/mol. The summed E-state index contributed by atoms with van der Waals surface area (Å²) in [4.78, 5) is 28.2. The number of aliphatic hydroxyl groups is 1. The molecule has 2 aliphatic rings. The molecule has 0 aromatic heterocycles. The summed E-state index contributed by atoms with van der Waals surface area (Å²) in [6.07, 6.45) is 2.09. The maximum atomic E-state index is 12.6. The van der Waals surface area contributed by atoms with E-state index in [1.54, 1.807) is 29.2 Å². The second-order valence-electron chi connectivity index (χ2n) is 7.19. The molecule has 0 radical (unpaired) electrons. The number of hydrogen-bond acceptors (Lipinski definition) is 3. The first-order chi connectivity index (χ1) is 11.9. The van der Waals surface area contributed by atoms with Gasteiger partial charge in [0, 0.05) is 37.6 Å². The van der Waals surface area contributed by atoms with Crippen molar-refractivity contribution in [2.24, 2.45) is 5.41 Å². The Morgan fingerprint density at radius 1 is 1.32 bits per heavy atom. The van der Waals surface area contributed by atoms with Gasteiger partial charge in [0.1, 0.15) is 0 Å². The van der Waals surface area contributed by atoms with Crippen LogP contribution in [0.5, 0.6) is 0 Å². The van der Waals surface area contributed by atoms with Gasteiger partial charge in [-0.2, -0.15) is 0 Å². The van der Waals surface area contributed by atoms with E-state index < -0.39 is 6.10 Å². The molecule has 0 bridgehead atoms. The fraction of sp³-hybridized carbons (Fsp3) is 0.579. The number of likely N-dealkylation sites (tertiary alicyclic amines) is 2. The third-order valence-corrected chi connectivity index (χ3v) is 5.90. The fourth-order valence-corrected chi connectivity index (χ4v) is 4.19. The van der Waals surface area contributed by atoms with Crippen molar-refractivity contribution in [2.75, 3.05) is 26.2 Å². The Labute approximate surface area is 153 Å². The summed E-state index contributed by atoms with van der Waals surface area (Å²) in [7, 11) is 0. The molecular weight excluding hydrogens is 340 g/mol. The lowest BCUT2D eigenvalue weighted by Gasteiger charge is -2.47. The highest BCUT2D eigenvalue weighted by Gasteiger charge is 2.41. The van der Waals surface area contributed by atoms with Gasteiger partial charge in [0.15, 0.2) is 6.10 Å². The van der Waals surface area contributed by atoms with Gasteiger partial charge < -0.3 is 14.9 Å². The SMILES string of the molecule is CCN1CC2(CCC1=O)CCN(C(=O)[C@H](O)c1cccc(Cl)c1)CC2. The topological polar surface area (TPSA) is 60.9 Å². The minimum absolute atomic E-state index is 0.127. The lowest BCUT2D eigenvalue weighted by Crippen LogP contribution is -2.52. The van der Waals surface area contributed by atoms with Gasteiger partial charge in [-0.3, -0.25) is 9.59 Å². The van der Waals surface area contributed by atoms with E-state index in [2.05, 4.69) is 0 Å². The quantitative estimate of drug-likeness (QED) is 0.896. The lowest BCUT2D eigenvalue weighted by atomic mass is 9.72. The number of carbonyl (C=O) groups is 2. The van der Waals surface area contributed by atoms with Crippen LogP contribution in [-0.4, -0.2) is 52.9 Å². The van der Waals surface area contributed by atoms with Crippen LogP contribution in [-0.2, 0) is 9.59 Å². The van der Waals surface area contributed by atoms with Crippen LogP contribution >= 0.6 is 11.6 Å². The van der Waals surface area contributed by atoms with Crippen LogP contribution in [0.25, 0.3) is 0 Å². The third-order valence-electron chi connectivity index (χ3n) is 5.66. The molecule has 2 heterocycles. The molecule has 3 rings (SSSR count). The Hall–Kier alpha value is -1.59. The first-order valence-corrected chi connectivity index (χ1v) is 9.32. The normalized spacial score (nSPS) is 21.5.